The van der Waals surface area contributed by atoms with Crippen molar-refractivity contribution in [3.63, 3.8) is 0 Å². The third-order valence-corrected chi connectivity index (χ3v) is 7.09. The number of carbonyl (C=O) groups is 1. The predicted octanol–water partition coefficient (Wildman–Crippen LogP) is 6.30. The number of nitrogens with two attached hydrogens (primary N) is 1. The lowest BCUT2D eigenvalue weighted by atomic mass is 9.87. The first-order chi connectivity index (χ1) is 17.8. The molecule has 0 amide bonds. The average Bonchev–Trinajstić information content (AvgIpc) is 3.13. The number of pyridine rings is 1. The van der Waals surface area contributed by atoms with Crippen molar-refractivity contribution >= 4 is 22.6 Å². The molecule has 0 spiro atoms. The van der Waals surface area contributed by atoms with E-state index in [1.807, 2.05) is 36.4 Å². The number of fused-ring (bicyclic) bond motifs is 2. The fourth-order valence-electron chi connectivity index (χ4n) is 5.29. The summed E-state index contributed by atoms with van der Waals surface area (Å²) in [4.78, 5) is 16.5. The molecule has 0 fully saturated rings. The molecule has 0 saturated heterocycles. The van der Waals surface area contributed by atoms with Gasteiger partial charge in [-0.3, -0.25) is 4.79 Å². The molecule has 190 valence electrons. The summed E-state index contributed by atoms with van der Waals surface area (Å²) in [5, 5.41) is 2.00. The molecule has 0 aliphatic heterocycles. The highest BCUT2D eigenvalue weighted by molar-refractivity contribution is 6.01. The van der Waals surface area contributed by atoms with E-state index in [1.165, 1.54) is 5.56 Å². The number of carbonyl (C=O) groups excluding carboxylic acids is 1. The second-order valence-corrected chi connectivity index (χ2v) is 10.1. The van der Waals surface area contributed by atoms with Crippen LogP contribution in [0.2, 0.25) is 0 Å². The van der Waals surface area contributed by atoms with E-state index in [4.69, 9.17) is 19.9 Å². The van der Waals surface area contributed by atoms with Gasteiger partial charge in [0.25, 0.3) is 0 Å². The highest BCUT2D eigenvalue weighted by atomic mass is 16.5. The van der Waals surface area contributed by atoms with Gasteiger partial charge in [0.1, 0.15) is 23.4 Å². The minimum atomic E-state index is -0.282. The van der Waals surface area contributed by atoms with Crippen LogP contribution in [0.5, 0.6) is 11.5 Å². The molecule has 37 heavy (non-hydrogen) atoms. The molecule has 4 aromatic rings. The van der Waals surface area contributed by atoms with Crippen LogP contribution in [0.3, 0.4) is 0 Å². The normalized spacial score (nSPS) is 15.8. The first-order valence-electron chi connectivity index (χ1n) is 12.6. The topological polar surface area (TPSA) is 83.7 Å². The number of esters is 1. The minimum Gasteiger partial charge on any atom is -0.497 e. The lowest BCUT2D eigenvalue weighted by Crippen LogP contribution is -2.23. The lowest BCUT2D eigenvalue weighted by molar-refractivity contribution is -0.142. The van der Waals surface area contributed by atoms with Gasteiger partial charge in [0.2, 0.25) is 0 Å². The summed E-state index contributed by atoms with van der Waals surface area (Å²) in [6.45, 7) is 6.58. The number of methoxy groups -OCH3 is 1. The molecule has 0 radical (unpaired) electrons. The van der Waals surface area contributed by atoms with Crippen molar-refractivity contribution in [1.29, 1.82) is 0 Å². The van der Waals surface area contributed by atoms with E-state index in [2.05, 4.69) is 43.1 Å². The molecule has 1 unspecified atom stereocenters. The zero-order chi connectivity index (χ0) is 26.2. The van der Waals surface area contributed by atoms with E-state index in [-0.39, 0.29) is 23.9 Å². The molecule has 1 aliphatic carbocycles. The van der Waals surface area contributed by atoms with Gasteiger partial charge in [0.05, 0.1) is 20.1 Å². The number of ether oxygens (including phenoxy) is 3. The van der Waals surface area contributed by atoms with Gasteiger partial charge in [-0.2, -0.15) is 0 Å². The van der Waals surface area contributed by atoms with Gasteiger partial charge in [-0.05, 0) is 59.2 Å². The van der Waals surface area contributed by atoms with Gasteiger partial charge in [-0.25, -0.2) is 4.98 Å². The van der Waals surface area contributed by atoms with Crippen LogP contribution in [0.4, 0.5) is 5.82 Å². The van der Waals surface area contributed by atoms with Gasteiger partial charge in [-0.1, -0.05) is 50.2 Å². The Labute approximate surface area is 217 Å². The van der Waals surface area contributed by atoms with E-state index in [9.17, 15) is 4.79 Å². The van der Waals surface area contributed by atoms with Crippen LogP contribution in [0.25, 0.3) is 21.9 Å². The van der Waals surface area contributed by atoms with E-state index < -0.39 is 0 Å². The number of aromatic nitrogens is 1. The second-order valence-electron chi connectivity index (χ2n) is 10.1. The Bertz CT molecular complexity index is 1480. The summed E-state index contributed by atoms with van der Waals surface area (Å²) >= 11 is 0. The Morgan fingerprint density at radius 1 is 1.08 bits per heavy atom. The molecule has 1 atom stereocenters. The van der Waals surface area contributed by atoms with Crippen molar-refractivity contribution in [1.82, 2.24) is 4.98 Å². The molecule has 0 saturated carbocycles. The molecule has 5 rings (SSSR count). The van der Waals surface area contributed by atoms with Crippen LogP contribution >= 0.6 is 0 Å². The fourth-order valence-corrected chi connectivity index (χ4v) is 5.29. The molecular formula is C31H32N2O4. The molecule has 2 N–H and O–H groups in total. The Morgan fingerprint density at radius 3 is 2.70 bits per heavy atom. The number of rotatable bonds is 7. The zero-order valence-electron chi connectivity index (χ0n) is 21.7. The van der Waals surface area contributed by atoms with Gasteiger partial charge < -0.3 is 19.9 Å². The Kier molecular flexibility index (Phi) is 6.50. The number of nitrogen functional groups attached to an aromatic ring is 1. The van der Waals surface area contributed by atoms with Crippen molar-refractivity contribution in [2.45, 2.75) is 39.7 Å². The molecule has 1 heterocycles. The standard InChI is InChI=1S/C31H32N2O4/c1-5-36-28(34)16-20-11-12-22(35-4)17-27(20)37-29-26-15-19(9-10-21(26)18-31(29,2)3)23-7-6-8-25-24(23)13-14-33-30(25)32/h6-15,17,29H,5,16,18H2,1-4H3,(H2,32,33). The van der Waals surface area contributed by atoms with Crippen molar-refractivity contribution < 1.29 is 19.0 Å². The summed E-state index contributed by atoms with van der Waals surface area (Å²) in [5.41, 5.74) is 11.4. The second kappa shape index (κ2) is 9.77. The number of nitrogens with zero attached hydrogens (tertiary/aromatic N) is 1. The minimum absolute atomic E-state index is 0.138. The van der Waals surface area contributed by atoms with E-state index in [0.717, 1.165) is 39.4 Å². The van der Waals surface area contributed by atoms with Gasteiger partial charge >= 0.3 is 5.97 Å². The quantitative estimate of drug-likeness (QED) is 0.302. The molecule has 6 heteroatoms. The maximum atomic E-state index is 12.3. The van der Waals surface area contributed by atoms with E-state index >= 15 is 0 Å². The number of anilines is 1. The molecular weight excluding hydrogens is 464 g/mol. The van der Waals surface area contributed by atoms with Crippen LogP contribution in [-0.4, -0.2) is 24.7 Å². The average molecular weight is 497 g/mol. The van der Waals surface area contributed by atoms with Crippen molar-refractivity contribution in [3.8, 4) is 22.6 Å². The summed E-state index contributed by atoms with van der Waals surface area (Å²) in [5.74, 6) is 1.55. The highest BCUT2D eigenvalue weighted by Crippen LogP contribution is 2.49. The Balaban J connectivity index is 1.56. The van der Waals surface area contributed by atoms with Crippen LogP contribution < -0.4 is 15.2 Å². The lowest BCUT2D eigenvalue weighted by Gasteiger charge is -2.29. The third-order valence-electron chi connectivity index (χ3n) is 7.09. The van der Waals surface area contributed by atoms with Gasteiger partial charge in [0.15, 0.2) is 0 Å². The maximum Gasteiger partial charge on any atom is 0.310 e. The molecule has 1 aromatic heterocycles. The predicted molar refractivity (Wildman–Crippen MR) is 146 cm³/mol. The third kappa shape index (κ3) is 4.71. The largest absolute Gasteiger partial charge is 0.497 e. The summed E-state index contributed by atoms with van der Waals surface area (Å²) < 4.78 is 17.4. The van der Waals surface area contributed by atoms with Crippen LogP contribution in [0.1, 0.15) is 43.6 Å². The van der Waals surface area contributed by atoms with Crippen molar-refractivity contribution in [2.75, 3.05) is 19.5 Å². The van der Waals surface area contributed by atoms with Crippen LogP contribution in [0, 0.1) is 5.41 Å². The van der Waals surface area contributed by atoms with Gasteiger partial charge in [0, 0.05) is 28.6 Å². The number of hydrogen-bond donors (Lipinski definition) is 1. The Morgan fingerprint density at radius 2 is 1.92 bits per heavy atom. The molecule has 3 aromatic carbocycles. The molecule has 6 nitrogen and oxygen atoms in total. The SMILES string of the molecule is CCOC(=O)Cc1ccc(OC)cc1OC1c2cc(-c3cccc4c(N)nccc34)ccc2CC1(C)C. The smallest absolute Gasteiger partial charge is 0.310 e. The van der Waals surface area contributed by atoms with Crippen molar-refractivity contribution in [2.24, 2.45) is 5.41 Å². The summed E-state index contributed by atoms with van der Waals surface area (Å²) in [6, 6.07) is 20.3. The first kappa shape index (κ1) is 24.6. The van der Waals surface area contributed by atoms with Crippen LogP contribution in [0.15, 0.2) is 66.9 Å². The maximum absolute atomic E-state index is 12.3. The molecule has 0 bridgehead atoms. The summed E-state index contributed by atoms with van der Waals surface area (Å²) in [6.07, 6.45) is 2.56. The number of hydrogen-bond acceptors (Lipinski definition) is 6. The van der Waals surface area contributed by atoms with E-state index in [0.29, 0.717) is 23.9 Å². The summed E-state index contributed by atoms with van der Waals surface area (Å²) in [7, 11) is 1.62. The molecule has 1 aliphatic rings. The number of benzene rings is 3. The van der Waals surface area contributed by atoms with Gasteiger partial charge in [-0.15, -0.1) is 0 Å². The fraction of sp³-hybridized carbons (Fsp3) is 0.290. The van der Waals surface area contributed by atoms with Crippen molar-refractivity contribution in [3.05, 3.63) is 83.6 Å². The zero-order valence-corrected chi connectivity index (χ0v) is 21.7. The van der Waals surface area contributed by atoms with Crippen LogP contribution in [-0.2, 0) is 22.4 Å². The highest BCUT2D eigenvalue weighted by Gasteiger charge is 2.41. The monoisotopic (exact) mass is 496 g/mol. The Hall–Kier alpha value is -4.06. The van der Waals surface area contributed by atoms with E-state index in [1.54, 1.807) is 20.2 Å². The first-order valence-corrected chi connectivity index (χ1v) is 12.6.